The van der Waals surface area contributed by atoms with E-state index in [0.717, 1.165) is 11.3 Å². The van der Waals surface area contributed by atoms with Crippen LogP contribution < -0.4 is 15.4 Å². The summed E-state index contributed by atoms with van der Waals surface area (Å²) in [4.78, 5) is 23.9. The minimum atomic E-state index is -0.298. The van der Waals surface area contributed by atoms with Crippen LogP contribution in [0.2, 0.25) is 0 Å². The summed E-state index contributed by atoms with van der Waals surface area (Å²) in [6.07, 6.45) is 1.69. The van der Waals surface area contributed by atoms with Crippen LogP contribution >= 0.6 is 12.2 Å². The maximum atomic E-state index is 12.1. The molecule has 0 saturated carbocycles. The van der Waals surface area contributed by atoms with Gasteiger partial charge in [0.25, 0.3) is 0 Å². The Labute approximate surface area is 172 Å². The summed E-state index contributed by atoms with van der Waals surface area (Å²) in [5, 5.41) is 12.2. The molecule has 0 radical (unpaired) electrons. The summed E-state index contributed by atoms with van der Waals surface area (Å²) in [7, 11) is 1.60. The van der Waals surface area contributed by atoms with E-state index in [-0.39, 0.29) is 31.3 Å². The van der Waals surface area contributed by atoms with Crippen molar-refractivity contribution in [1.82, 2.24) is 25.4 Å². The van der Waals surface area contributed by atoms with E-state index < -0.39 is 0 Å². The van der Waals surface area contributed by atoms with Gasteiger partial charge in [-0.1, -0.05) is 0 Å². The third kappa shape index (κ3) is 5.55. The van der Waals surface area contributed by atoms with Crippen molar-refractivity contribution in [3.63, 3.8) is 0 Å². The van der Waals surface area contributed by atoms with Crippen LogP contribution in [0.25, 0.3) is 11.4 Å². The van der Waals surface area contributed by atoms with Gasteiger partial charge in [-0.15, -0.1) is 0 Å². The molecule has 152 valence electrons. The number of furan rings is 1. The van der Waals surface area contributed by atoms with Gasteiger partial charge in [0, 0.05) is 18.5 Å². The lowest BCUT2D eigenvalue weighted by Crippen LogP contribution is -2.36. The van der Waals surface area contributed by atoms with Gasteiger partial charge in [-0.05, 0) is 48.6 Å². The molecule has 0 fully saturated rings. The molecule has 2 amide bonds. The van der Waals surface area contributed by atoms with Crippen molar-refractivity contribution in [2.45, 2.75) is 19.5 Å². The maximum Gasteiger partial charge on any atom is 0.239 e. The first kappa shape index (κ1) is 20.3. The highest BCUT2D eigenvalue weighted by Gasteiger charge is 2.12. The fraction of sp³-hybridized carbons (Fsp3) is 0.263. The first-order valence-corrected chi connectivity index (χ1v) is 9.33. The number of nitrogens with one attached hydrogen (secondary N) is 3. The number of carbonyl (C=O) groups excluding carboxylic acids is 2. The number of nitrogens with zero attached hydrogens (tertiary/aromatic N) is 2. The van der Waals surface area contributed by atoms with Crippen LogP contribution in [0.15, 0.2) is 47.1 Å². The minimum absolute atomic E-state index is 0.109. The van der Waals surface area contributed by atoms with Gasteiger partial charge < -0.3 is 19.8 Å². The molecule has 29 heavy (non-hydrogen) atoms. The van der Waals surface area contributed by atoms with E-state index in [9.17, 15) is 9.59 Å². The lowest BCUT2D eigenvalue weighted by molar-refractivity contribution is -0.126. The molecular weight excluding hydrogens is 394 g/mol. The van der Waals surface area contributed by atoms with E-state index in [2.05, 4.69) is 20.8 Å². The third-order valence-corrected chi connectivity index (χ3v) is 4.47. The fourth-order valence-electron chi connectivity index (χ4n) is 2.63. The number of carbonyl (C=O) groups is 2. The molecule has 9 nitrogen and oxygen atoms in total. The summed E-state index contributed by atoms with van der Waals surface area (Å²) >= 11 is 5.27. The van der Waals surface area contributed by atoms with E-state index in [0.29, 0.717) is 22.9 Å². The average Bonchev–Trinajstić information content (AvgIpc) is 3.39. The van der Waals surface area contributed by atoms with Crippen molar-refractivity contribution in [3.8, 4) is 17.1 Å². The first-order chi connectivity index (χ1) is 14.1. The number of methoxy groups -OCH3 is 1. The molecule has 0 unspecified atom stereocenters. The normalized spacial score (nSPS) is 10.5. The van der Waals surface area contributed by atoms with Gasteiger partial charge in [-0.3, -0.25) is 19.3 Å². The highest BCUT2D eigenvalue weighted by Crippen LogP contribution is 2.21. The van der Waals surface area contributed by atoms with Crippen molar-refractivity contribution in [2.24, 2.45) is 0 Å². The van der Waals surface area contributed by atoms with Crippen LogP contribution in [0.4, 0.5) is 0 Å². The SMILES string of the molecule is COc1ccc(-c2n[nH]c(=S)n2CCC(=O)NCC(=O)NCc2ccco2)cc1. The Bertz CT molecular complexity index is 1010. The van der Waals surface area contributed by atoms with Crippen LogP contribution in [0, 0.1) is 4.77 Å². The number of ether oxygens (including phenoxy) is 1. The highest BCUT2D eigenvalue weighted by molar-refractivity contribution is 7.71. The molecule has 0 atom stereocenters. The molecule has 3 N–H and O–H groups in total. The van der Waals surface area contributed by atoms with E-state index in [1.807, 2.05) is 24.3 Å². The zero-order valence-corrected chi connectivity index (χ0v) is 16.6. The smallest absolute Gasteiger partial charge is 0.239 e. The van der Waals surface area contributed by atoms with Gasteiger partial charge >= 0.3 is 0 Å². The summed E-state index contributed by atoms with van der Waals surface area (Å²) in [5.74, 6) is 1.45. The lowest BCUT2D eigenvalue weighted by Gasteiger charge is -2.09. The summed E-state index contributed by atoms with van der Waals surface area (Å²) < 4.78 is 12.4. The van der Waals surface area contributed by atoms with Gasteiger partial charge in [0.1, 0.15) is 11.5 Å². The van der Waals surface area contributed by atoms with Crippen LogP contribution in [0.3, 0.4) is 0 Å². The summed E-state index contributed by atoms with van der Waals surface area (Å²) in [6.45, 7) is 0.495. The number of hydrogen-bond acceptors (Lipinski definition) is 6. The van der Waals surface area contributed by atoms with Crippen molar-refractivity contribution >= 4 is 24.0 Å². The Morgan fingerprint density at radius 1 is 1.21 bits per heavy atom. The molecule has 0 saturated heterocycles. The van der Waals surface area contributed by atoms with Gasteiger partial charge in [-0.25, -0.2) is 0 Å². The van der Waals surface area contributed by atoms with Crippen LogP contribution in [0.1, 0.15) is 12.2 Å². The molecule has 10 heteroatoms. The predicted octanol–water partition coefficient (Wildman–Crippen LogP) is 2.03. The zero-order chi connectivity index (χ0) is 20.6. The van der Waals surface area contributed by atoms with Gasteiger partial charge in [-0.2, -0.15) is 5.10 Å². The first-order valence-electron chi connectivity index (χ1n) is 8.92. The van der Waals surface area contributed by atoms with Crippen LogP contribution in [-0.2, 0) is 22.7 Å². The zero-order valence-electron chi connectivity index (χ0n) is 15.8. The molecule has 2 aromatic heterocycles. The standard InChI is InChI=1S/C19H21N5O4S/c1-27-14-6-4-13(5-7-14)18-22-23-19(29)24(18)9-8-16(25)21-12-17(26)20-11-15-3-2-10-28-15/h2-7,10H,8-9,11-12H2,1H3,(H,20,26)(H,21,25)(H,23,29). The Kier molecular flexibility index (Phi) is 6.80. The van der Waals surface area contributed by atoms with E-state index in [1.54, 1.807) is 23.8 Å². The van der Waals surface area contributed by atoms with Crippen molar-refractivity contribution in [3.05, 3.63) is 53.2 Å². The predicted molar refractivity (Wildman–Crippen MR) is 108 cm³/mol. The molecule has 0 spiro atoms. The van der Waals surface area contributed by atoms with Crippen molar-refractivity contribution < 1.29 is 18.7 Å². The number of hydrogen-bond donors (Lipinski definition) is 3. The van der Waals surface area contributed by atoms with Crippen molar-refractivity contribution in [1.29, 1.82) is 0 Å². The average molecular weight is 415 g/mol. The van der Waals surface area contributed by atoms with Gasteiger partial charge in [0.05, 0.1) is 26.5 Å². The minimum Gasteiger partial charge on any atom is -0.497 e. The van der Waals surface area contributed by atoms with Gasteiger partial charge in [0.2, 0.25) is 11.8 Å². The third-order valence-electron chi connectivity index (χ3n) is 4.15. The van der Waals surface area contributed by atoms with Crippen LogP contribution in [-0.4, -0.2) is 40.2 Å². The summed E-state index contributed by atoms with van der Waals surface area (Å²) in [6, 6.07) is 10.9. The van der Waals surface area contributed by atoms with Gasteiger partial charge in [0.15, 0.2) is 10.6 Å². The topological polar surface area (TPSA) is 114 Å². The largest absolute Gasteiger partial charge is 0.497 e. The van der Waals surface area contributed by atoms with Crippen LogP contribution in [0.5, 0.6) is 5.75 Å². The second-order valence-corrected chi connectivity index (χ2v) is 6.50. The van der Waals surface area contributed by atoms with Crippen molar-refractivity contribution in [2.75, 3.05) is 13.7 Å². The Hall–Kier alpha value is -3.40. The number of benzene rings is 1. The molecule has 1 aromatic carbocycles. The molecular formula is C19H21N5O4S. The lowest BCUT2D eigenvalue weighted by atomic mass is 10.2. The second kappa shape index (κ2) is 9.69. The quantitative estimate of drug-likeness (QED) is 0.461. The Morgan fingerprint density at radius 2 is 2.00 bits per heavy atom. The molecule has 3 aromatic rings. The number of amides is 2. The molecule has 0 aliphatic heterocycles. The Morgan fingerprint density at radius 3 is 2.69 bits per heavy atom. The number of rotatable bonds is 9. The number of H-pyrrole nitrogens is 1. The van der Waals surface area contributed by atoms with E-state index >= 15 is 0 Å². The number of aromatic nitrogens is 3. The molecule has 0 aliphatic carbocycles. The molecule has 0 aliphatic rings. The number of aromatic amines is 1. The second-order valence-electron chi connectivity index (χ2n) is 6.12. The summed E-state index contributed by atoms with van der Waals surface area (Å²) in [5.41, 5.74) is 0.843. The van der Waals surface area contributed by atoms with E-state index in [1.165, 1.54) is 6.26 Å². The van der Waals surface area contributed by atoms with E-state index in [4.69, 9.17) is 21.4 Å². The fourth-order valence-corrected chi connectivity index (χ4v) is 2.85. The molecule has 3 rings (SSSR count). The molecule has 2 heterocycles. The molecule has 0 bridgehead atoms. The maximum absolute atomic E-state index is 12.1. The monoisotopic (exact) mass is 415 g/mol. The highest BCUT2D eigenvalue weighted by atomic mass is 32.1. The Balaban J connectivity index is 1.50.